The van der Waals surface area contributed by atoms with E-state index in [2.05, 4.69) is 53.4 Å². The summed E-state index contributed by atoms with van der Waals surface area (Å²) in [5.41, 5.74) is 2.49. The standard InChI is InChI=1S/C18H21NO/c1-2-13-19-17(15-9-5-3-6-10-15)14-20-18(19)16-11-7-4-8-12-16/h3-12,17-18H,2,13-14H2,1H3/t17-,18+/m0/s1/i1D. The van der Waals surface area contributed by atoms with E-state index in [9.17, 15) is 0 Å². The third-order valence-corrected chi connectivity index (χ3v) is 3.80. The van der Waals surface area contributed by atoms with Crippen LogP contribution in [0.2, 0.25) is 0 Å². The highest BCUT2D eigenvalue weighted by Gasteiger charge is 2.35. The Bertz CT molecular complexity index is 498. The van der Waals surface area contributed by atoms with Crippen LogP contribution in [-0.4, -0.2) is 18.1 Å². The summed E-state index contributed by atoms with van der Waals surface area (Å²) in [5, 5.41) is 0. The average Bonchev–Trinajstić information content (AvgIpc) is 2.98. The first kappa shape index (κ1) is 12.1. The molecule has 3 rings (SSSR count). The largest absolute Gasteiger partial charge is 0.357 e. The fraction of sp³-hybridized carbons (Fsp3) is 0.333. The molecule has 2 atom stereocenters. The van der Waals surface area contributed by atoms with Gasteiger partial charge in [-0.1, -0.05) is 67.6 Å². The van der Waals surface area contributed by atoms with Crippen molar-refractivity contribution in [1.82, 2.24) is 4.90 Å². The molecule has 0 saturated carbocycles. The fourth-order valence-electron chi connectivity index (χ4n) is 2.86. The van der Waals surface area contributed by atoms with Crippen LogP contribution in [0.3, 0.4) is 0 Å². The number of benzene rings is 2. The smallest absolute Gasteiger partial charge is 0.137 e. The van der Waals surface area contributed by atoms with Crippen molar-refractivity contribution in [2.24, 2.45) is 0 Å². The van der Waals surface area contributed by atoms with Gasteiger partial charge in [0.05, 0.1) is 12.6 Å². The molecule has 1 aliphatic rings. The molecular weight excluding hydrogens is 246 g/mol. The molecule has 0 unspecified atom stereocenters. The monoisotopic (exact) mass is 268 g/mol. The molecule has 2 heteroatoms. The Morgan fingerprint density at radius 1 is 1.05 bits per heavy atom. The van der Waals surface area contributed by atoms with E-state index in [4.69, 9.17) is 6.11 Å². The third kappa shape index (κ3) is 2.62. The van der Waals surface area contributed by atoms with Crippen molar-refractivity contribution in [3.63, 3.8) is 0 Å². The molecule has 0 spiro atoms. The molecular formula is C18H21NO. The Hall–Kier alpha value is -1.64. The van der Waals surface area contributed by atoms with E-state index in [0.717, 1.165) is 13.0 Å². The maximum atomic E-state index is 7.44. The minimum atomic E-state index is 0.00274. The Morgan fingerprint density at radius 3 is 2.35 bits per heavy atom. The van der Waals surface area contributed by atoms with Gasteiger partial charge in [-0.25, -0.2) is 0 Å². The second kappa shape index (κ2) is 6.21. The van der Waals surface area contributed by atoms with Crippen LogP contribution in [0.15, 0.2) is 60.7 Å². The molecule has 2 nitrogen and oxygen atoms in total. The molecule has 1 aliphatic heterocycles. The number of hydrogen-bond donors (Lipinski definition) is 0. The summed E-state index contributed by atoms with van der Waals surface area (Å²) in [5.74, 6) is 0. The summed E-state index contributed by atoms with van der Waals surface area (Å²) >= 11 is 0. The molecule has 2 aromatic rings. The normalized spacial score (nSPS) is 23.7. The minimum absolute atomic E-state index is 0.00274. The first-order valence-corrected chi connectivity index (χ1v) is 7.16. The first-order valence-electron chi connectivity index (χ1n) is 7.87. The van der Waals surface area contributed by atoms with Crippen LogP contribution >= 0.6 is 0 Å². The molecule has 0 N–H and O–H groups in total. The summed E-state index contributed by atoms with van der Waals surface area (Å²) < 4.78 is 13.5. The van der Waals surface area contributed by atoms with Gasteiger partial charge in [-0.2, -0.15) is 0 Å². The van der Waals surface area contributed by atoms with Gasteiger partial charge >= 0.3 is 0 Å². The van der Waals surface area contributed by atoms with Gasteiger partial charge in [0.15, 0.2) is 0 Å². The maximum Gasteiger partial charge on any atom is 0.137 e. The Morgan fingerprint density at radius 2 is 1.70 bits per heavy atom. The molecule has 104 valence electrons. The van der Waals surface area contributed by atoms with Crippen molar-refractivity contribution in [2.45, 2.75) is 25.6 Å². The van der Waals surface area contributed by atoms with Crippen LogP contribution in [0.1, 0.15) is 38.1 Å². The van der Waals surface area contributed by atoms with E-state index in [0.29, 0.717) is 13.5 Å². The minimum Gasteiger partial charge on any atom is -0.357 e. The predicted octanol–water partition coefficient (Wildman–Crippen LogP) is 4.17. The molecule has 0 bridgehead atoms. The van der Waals surface area contributed by atoms with Crippen LogP contribution in [0.4, 0.5) is 0 Å². The van der Waals surface area contributed by atoms with E-state index in [-0.39, 0.29) is 12.3 Å². The van der Waals surface area contributed by atoms with Crippen molar-refractivity contribution >= 4 is 0 Å². The van der Waals surface area contributed by atoms with E-state index < -0.39 is 0 Å². The number of ether oxygens (including phenoxy) is 1. The SMILES string of the molecule is [2H]CCCN1[C@@H](c2ccccc2)OC[C@H]1c1ccccc1. The highest BCUT2D eigenvalue weighted by molar-refractivity contribution is 5.23. The summed E-state index contributed by atoms with van der Waals surface area (Å²) in [6.07, 6.45) is 0.874. The number of hydrogen-bond acceptors (Lipinski definition) is 2. The maximum absolute atomic E-state index is 7.44. The number of nitrogens with zero attached hydrogens (tertiary/aromatic N) is 1. The lowest BCUT2D eigenvalue weighted by Gasteiger charge is -2.28. The second-order valence-corrected chi connectivity index (χ2v) is 5.11. The van der Waals surface area contributed by atoms with Gasteiger partial charge in [-0.05, 0) is 17.5 Å². The Kier molecular flexibility index (Phi) is 3.76. The van der Waals surface area contributed by atoms with Crippen LogP contribution in [0.5, 0.6) is 0 Å². The van der Waals surface area contributed by atoms with Crippen LogP contribution < -0.4 is 0 Å². The molecule has 1 fully saturated rings. The lowest BCUT2D eigenvalue weighted by molar-refractivity contribution is 0.0291. The van der Waals surface area contributed by atoms with E-state index in [1.165, 1.54) is 11.1 Å². The third-order valence-electron chi connectivity index (χ3n) is 3.80. The number of rotatable bonds is 4. The lowest BCUT2D eigenvalue weighted by Crippen LogP contribution is -2.28. The highest BCUT2D eigenvalue weighted by atomic mass is 16.5. The van der Waals surface area contributed by atoms with Crippen LogP contribution in [0, 0.1) is 0 Å². The zero-order valence-electron chi connectivity index (χ0n) is 12.6. The molecule has 2 aromatic carbocycles. The topological polar surface area (TPSA) is 12.5 Å². The average molecular weight is 268 g/mol. The molecule has 0 aromatic heterocycles. The van der Waals surface area contributed by atoms with E-state index >= 15 is 0 Å². The van der Waals surface area contributed by atoms with E-state index in [1.54, 1.807) is 0 Å². The van der Waals surface area contributed by atoms with E-state index in [1.807, 2.05) is 12.1 Å². The molecule has 1 heterocycles. The lowest BCUT2D eigenvalue weighted by atomic mass is 10.1. The second-order valence-electron chi connectivity index (χ2n) is 5.11. The first-order chi connectivity index (χ1) is 10.4. The van der Waals surface area contributed by atoms with Gasteiger partial charge in [0.1, 0.15) is 6.23 Å². The van der Waals surface area contributed by atoms with Gasteiger partial charge in [0.2, 0.25) is 0 Å². The van der Waals surface area contributed by atoms with Crippen molar-refractivity contribution < 1.29 is 6.11 Å². The van der Waals surface area contributed by atoms with Gasteiger partial charge in [-0.3, -0.25) is 4.90 Å². The van der Waals surface area contributed by atoms with Gasteiger partial charge < -0.3 is 4.74 Å². The van der Waals surface area contributed by atoms with Gasteiger partial charge in [0, 0.05) is 7.92 Å². The summed E-state index contributed by atoms with van der Waals surface area (Å²) in [6, 6.07) is 21.2. The van der Waals surface area contributed by atoms with Crippen LogP contribution in [0.25, 0.3) is 0 Å². The zero-order valence-corrected chi connectivity index (χ0v) is 11.6. The summed E-state index contributed by atoms with van der Waals surface area (Å²) in [6.45, 7) is 2.06. The van der Waals surface area contributed by atoms with Crippen molar-refractivity contribution in [3.05, 3.63) is 71.8 Å². The quantitative estimate of drug-likeness (QED) is 0.825. The van der Waals surface area contributed by atoms with Crippen LogP contribution in [-0.2, 0) is 4.74 Å². The predicted molar refractivity (Wildman–Crippen MR) is 81.3 cm³/mol. The van der Waals surface area contributed by atoms with Gasteiger partial charge in [-0.15, -0.1) is 0 Å². The fourth-order valence-corrected chi connectivity index (χ4v) is 2.86. The highest BCUT2D eigenvalue weighted by Crippen LogP contribution is 2.38. The van der Waals surface area contributed by atoms with Gasteiger partial charge in [0.25, 0.3) is 0 Å². The molecule has 20 heavy (non-hydrogen) atoms. The van der Waals surface area contributed by atoms with Crippen molar-refractivity contribution in [3.8, 4) is 0 Å². The molecule has 1 saturated heterocycles. The summed E-state index contributed by atoms with van der Waals surface area (Å²) in [4.78, 5) is 2.39. The Labute approximate surface area is 122 Å². The zero-order chi connectivity index (χ0) is 14.5. The molecule has 0 radical (unpaired) electrons. The molecule has 0 amide bonds. The van der Waals surface area contributed by atoms with Crippen molar-refractivity contribution in [2.75, 3.05) is 13.2 Å². The van der Waals surface area contributed by atoms with Crippen molar-refractivity contribution in [1.29, 1.82) is 0 Å². The summed E-state index contributed by atoms with van der Waals surface area (Å²) in [7, 11) is 0. The Balaban J connectivity index is 1.85. The molecule has 0 aliphatic carbocycles.